The Bertz CT molecular complexity index is 617. The monoisotopic (exact) mass is 273 g/mol. The Hall–Kier alpha value is -2.30. The molecular formula is C15H19N3O2. The van der Waals surface area contributed by atoms with Gasteiger partial charge in [0.15, 0.2) is 0 Å². The van der Waals surface area contributed by atoms with Crippen LogP contribution >= 0.6 is 0 Å². The maximum Gasteiger partial charge on any atom is 0.338 e. The van der Waals surface area contributed by atoms with Gasteiger partial charge in [0.05, 0.1) is 11.3 Å². The molecule has 2 N–H and O–H groups in total. The molecule has 0 aliphatic carbocycles. The van der Waals surface area contributed by atoms with Crippen LogP contribution in [0.3, 0.4) is 0 Å². The number of rotatable bonds is 4. The van der Waals surface area contributed by atoms with Crippen molar-refractivity contribution in [2.75, 3.05) is 5.73 Å². The summed E-state index contributed by atoms with van der Waals surface area (Å²) >= 11 is 0. The molecule has 0 saturated heterocycles. The third kappa shape index (κ3) is 3.17. The number of aryl methyl sites for hydroxylation is 1. The Morgan fingerprint density at radius 3 is 2.80 bits per heavy atom. The Kier molecular flexibility index (Phi) is 4.08. The molecule has 0 spiro atoms. The molecule has 0 aliphatic heterocycles. The Labute approximate surface area is 118 Å². The Morgan fingerprint density at radius 2 is 2.15 bits per heavy atom. The van der Waals surface area contributed by atoms with Gasteiger partial charge in [-0.25, -0.2) is 4.79 Å². The van der Waals surface area contributed by atoms with Crippen LogP contribution in [0.25, 0.3) is 0 Å². The van der Waals surface area contributed by atoms with Crippen LogP contribution < -0.4 is 5.73 Å². The van der Waals surface area contributed by atoms with Crippen LogP contribution in [0, 0.1) is 6.92 Å². The van der Waals surface area contributed by atoms with Gasteiger partial charge >= 0.3 is 5.97 Å². The zero-order valence-electron chi connectivity index (χ0n) is 12.0. The van der Waals surface area contributed by atoms with Crippen LogP contribution in [-0.4, -0.2) is 15.7 Å². The van der Waals surface area contributed by atoms with Gasteiger partial charge in [-0.05, 0) is 44.5 Å². The molecule has 0 bridgehead atoms. The number of hydrogen-bond acceptors (Lipinski definition) is 4. The maximum absolute atomic E-state index is 12.0. The number of nitrogens with zero attached hydrogens (tertiary/aromatic N) is 2. The van der Waals surface area contributed by atoms with Gasteiger partial charge in [0, 0.05) is 17.9 Å². The molecule has 5 heteroatoms. The van der Waals surface area contributed by atoms with Gasteiger partial charge in [0.1, 0.15) is 6.61 Å². The molecule has 0 radical (unpaired) electrons. The van der Waals surface area contributed by atoms with Crippen LogP contribution in [0.5, 0.6) is 0 Å². The van der Waals surface area contributed by atoms with Gasteiger partial charge < -0.3 is 10.5 Å². The topological polar surface area (TPSA) is 70.1 Å². The molecule has 1 aromatic heterocycles. The predicted octanol–water partition coefficient (Wildman–Crippen LogP) is 2.71. The average molecular weight is 273 g/mol. The fraction of sp³-hybridized carbons (Fsp3) is 0.333. The number of esters is 1. The van der Waals surface area contributed by atoms with Crippen molar-refractivity contribution < 1.29 is 9.53 Å². The summed E-state index contributed by atoms with van der Waals surface area (Å²) in [5.41, 5.74) is 8.30. The number of hydrogen-bond donors (Lipinski definition) is 1. The smallest absolute Gasteiger partial charge is 0.338 e. The fourth-order valence-corrected chi connectivity index (χ4v) is 1.82. The minimum Gasteiger partial charge on any atom is -0.455 e. The molecule has 1 aromatic carbocycles. The van der Waals surface area contributed by atoms with Crippen molar-refractivity contribution in [3.8, 4) is 0 Å². The van der Waals surface area contributed by atoms with E-state index in [1.807, 2.05) is 37.7 Å². The van der Waals surface area contributed by atoms with Crippen molar-refractivity contribution in [2.45, 2.75) is 33.4 Å². The largest absolute Gasteiger partial charge is 0.455 e. The molecule has 0 atom stereocenters. The second kappa shape index (κ2) is 5.77. The zero-order chi connectivity index (χ0) is 14.7. The molecular weight excluding hydrogens is 254 g/mol. The first-order valence-electron chi connectivity index (χ1n) is 6.54. The molecule has 0 aliphatic rings. The van der Waals surface area contributed by atoms with E-state index in [1.165, 1.54) is 0 Å². The number of nitrogens with two attached hydrogens (primary N) is 1. The molecule has 0 amide bonds. The molecule has 20 heavy (non-hydrogen) atoms. The second-order valence-corrected chi connectivity index (χ2v) is 5.03. The van der Waals surface area contributed by atoms with Crippen molar-refractivity contribution >= 4 is 11.7 Å². The zero-order valence-corrected chi connectivity index (χ0v) is 12.0. The van der Waals surface area contributed by atoms with Crippen molar-refractivity contribution in [1.29, 1.82) is 0 Å². The number of carbonyl (C=O) groups is 1. The van der Waals surface area contributed by atoms with Crippen molar-refractivity contribution in [1.82, 2.24) is 9.78 Å². The maximum atomic E-state index is 12.0. The van der Waals surface area contributed by atoms with E-state index in [0.717, 1.165) is 11.3 Å². The van der Waals surface area contributed by atoms with E-state index >= 15 is 0 Å². The minimum absolute atomic E-state index is 0.160. The van der Waals surface area contributed by atoms with Crippen LogP contribution in [-0.2, 0) is 11.3 Å². The number of nitrogen functional groups attached to an aromatic ring is 1. The highest BCUT2D eigenvalue weighted by molar-refractivity contribution is 5.92. The third-order valence-electron chi connectivity index (χ3n) is 3.03. The van der Waals surface area contributed by atoms with E-state index in [4.69, 9.17) is 10.5 Å². The summed E-state index contributed by atoms with van der Waals surface area (Å²) in [7, 11) is 0. The van der Waals surface area contributed by atoms with Gasteiger partial charge in [0.2, 0.25) is 0 Å². The summed E-state index contributed by atoms with van der Waals surface area (Å²) in [6, 6.07) is 7.33. The summed E-state index contributed by atoms with van der Waals surface area (Å²) in [6.45, 7) is 6.09. The lowest BCUT2D eigenvalue weighted by Crippen LogP contribution is -2.09. The first-order valence-corrected chi connectivity index (χ1v) is 6.54. The highest BCUT2D eigenvalue weighted by Gasteiger charge is 2.12. The van der Waals surface area contributed by atoms with Crippen LogP contribution in [0.2, 0.25) is 0 Å². The molecule has 0 unspecified atom stereocenters. The number of benzene rings is 1. The van der Waals surface area contributed by atoms with E-state index < -0.39 is 0 Å². The van der Waals surface area contributed by atoms with E-state index in [1.54, 1.807) is 18.2 Å². The van der Waals surface area contributed by atoms with Gasteiger partial charge in [-0.1, -0.05) is 6.07 Å². The van der Waals surface area contributed by atoms with Gasteiger partial charge in [0.25, 0.3) is 0 Å². The van der Waals surface area contributed by atoms with Gasteiger partial charge in [-0.2, -0.15) is 5.10 Å². The lowest BCUT2D eigenvalue weighted by atomic mass is 10.1. The molecule has 2 rings (SSSR count). The Morgan fingerprint density at radius 1 is 1.40 bits per heavy atom. The molecule has 0 saturated carbocycles. The van der Waals surface area contributed by atoms with Crippen LogP contribution in [0.1, 0.15) is 41.5 Å². The number of aromatic nitrogens is 2. The first kappa shape index (κ1) is 14.1. The SMILES string of the molecule is Cc1ccc(N)cc1C(=O)OCc1ccn(C(C)C)n1. The van der Waals surface area contributed by atoms with E-state index in [2.05, 4.69) is 5.10 Å². The summed E-state index contributed by atoms with van der Waals surface area (Å²) < 4.78 is 7.10. The lowest BCUT2D eigenvalue weighted by molar-refractivity contribution is 0.0466. The van der Waals surface area contributed by atoms with Gasteiger partial charge in [-0.3, -0.25) is 4.68 Å². The molecule has 0 fully saturated rings. The average Bonchev–Trinajstić information content (AvgIpc) is 2.88. The molecule has 2 aromatic rings. The standard InChI is InChI=1S/C15H19N3O2/c1-10(2)18-7-6-13(17-18)9-20-15(19)14-8-12(16)5-4-11(14)3/h4-8,10H,9,16H2,1-3H3. The quantitative estimate of drug-likeness (QED) is 0.687. The number of ether oxygens (including phenoxy) is 1. The summed E-state index contributed by atoms with van der Waals surface area (Å²) in [6.07, 6.45) is 1.87. The lowest BCUT2D eigenvalue weighted by Gasteiger charge is -2.07. The molecule has 1 heterocycles. The minimum atomic E-state index is -0.381. The Balaban J connectivity index is 2.02. The summed E-state index contributed by atoms with van der Waals surface area (Å²) in [5, 5.41) is 4.33. The highest BCUT2D eigenvalue weighted by Crippen LogP contribution is 2.14. The normalized spacial score (nSPS) is 10.8. The third-order valence-corrected chi connectivity index (χ3v) is 3.03. The summed E-state index contributed by atoms with van der Waals surface area (Å²) in [5.74, 6) is -0.381. The predicted molar refractivity (Wildman–Crippen MR) is 77.3 cm³/mol. The molecule has 106 valence electrons. The summed E-state index contributed by atoms with van der Waals surface area (Å²) in [4.78, 5) is 12.0. The number of carbonyl (C=O) groups excluding carboxylic acids is 1. The van der Waals surface area contributed by atoms with E-state index in [9.17, 15) is 4.79 Å². The van der Waals surface area contributed by atoms with Gasteiger partial charge in [-0.15, -0.1) is 0 Å². The van der Waals surface area contributed by atoms with Crippen molar-refractivity contribution in [3.05, 3.63) is 47.3 Å². The second-order valence-electron chi connectivity index (χ2n) is 5.03. The highest BCUT2D eigenvalue weighted by atomic mass is 16.5. The van der Waals surface area contributed by atoms with E-state index in [0.29, 0.717) is 11.3 Å². The van der Waals surface area contributed by atoms with Crippen molar-refractivity contribution in [3.63, 3.8) is 0 Å². The molecule has 5 nitrogen and oxygen atoms in total. The van der Waals surface area contributed by atoms with E-state index in [-0.39, 0.29) is 18.6 Å². The fourth-order valence-electron chi connectivity index (χ4n) is 1.82. The first-order chi connectivity index (χ1) is 9.47. The number of anilines is 1. The van der Waals surface area contributed by atoms with Crippen molar-refractivity contribution in [2.24, 2.45) is 0 Å². The van der Waals surface area contributed by atoms with Crippen LogP contribution in [0.15, 0.2) is 30.5 Å². The van der Waals surface area contributed by atoms with Crippen LogP contribution in [0.4, 0.5) is 5.69 Å².